The Morgan fingerprint density at radius 1 is 1.39 bits per heavy atom. The fourth-order valence-corrected chi connectivity index (χ4v) is 3.48. The van der Waals surface area contributed by atoms with Crippen molar-refractivity contribution in [3.63, 3.8) is 0 Å². The Hall–Kier alpha value is -0.740. The van der Waals surface area contributed by atoms with Gasteiger partial charge in [-0.25, -0.2) is 4.39 Å². The number of thioether (sulfide) groups is 1. The first-order valence-electron chi connectivity index (χ1n) is 6.44. The first kappa shape index (κ1) is 13.7. The molecule has 0 aliphatic heterocycles. The van der Waals surface area contributed by atoms with Crippen LogP contribution in [0.3, 0.4) is 0 Å². The molecule has 0 radical (unpaired) electrons. The number of hydrogen-bond acceptors (Lipinski definition) is 3. The van der Waals surface area contributed by atoms with Crippen molar-refractivity contribution < 1.29 is 9.50 Å². The molecule has 0 amide bonds. The molecule has 0 heterocycles. The molecule has 1 aliphatic carbocycles. The highest BCUT2D eigenvalue weighted by Crippen LogP contribution is 2.27. The van der Waals surface area contributed by atoms with Gasteiger partial charge in [0.2, 0.25) is 0 Å². The molecule has 100 valence electrons. The quantitative estimate of drug-likeness (QED) is 0.879. The maximum absolute atomic E-state index is 13.2. The molecule has 1 aliphatic rings. The summed E-state index contributed by atoms with van der Waals surface area (Å²) >= 11 is 1.92. The highest BCUT2D eigenvalue weighted by molar-refractivity contribution is 7.99. The van der Waals surface area contributed by atoms with E-state index in [0.717, 1.165) is 5.56 Å². The molecule has 2 N–H and O–H groups in total. The van der Waals surface area contributed by atoms with Crippen LogP contribution in [-0.4, -0.2) is 22.7 Å². The third-order valence-corrected chi connectivity index (χ3v) is 4.76. The minimum Gasteiger partial charge on any atom is -0.505 e. The van der Waals surface area contributed by atoms with Gasteiger partial charge < -0.3 is 10.4 Å². The third-order valence-electron chi connectivity index (χ3n) is 3.59. The number of benzene rings is 1. The summed E-state index contributed by atoms with van der Waals surface area (Å²) < 4.78 is 13.2. The lowest BCUT2D eigenvalue weighted by molar-refractivity contribution is 0.382. The molecule has 2 unspecified atom stereocenters. The summed E-state index contributed by atoms with van der Waals surface area (Å²) in [5.74, 6) is -0.822. The second-order valence-corrected chi connectivity index (χ2v) is 5.91. The van der Waals surface area contributed by atoms with Gasteiger partial charge in [0, 0.05) is 17.8 Å². The number of aromatic hydroxyl groups is 1. The van der Waals surface area contributed by atoms with E-state index in [0.29, 0.717) is 17.8 Å². The van der Waals surface area contributed by atoms with E-state index in [4.69, 9.17) is 5.11 Å². The molecule has 2 rings (SSSR count). The first-order chi connectivity index (χ1) is 8.70. The Balaban J connectivity index is 1.91. The van der Waals surface area contributed by atoms with Crippen molar-refractivity contribution in [1.29, 1.82) is 0 Å². The highest BCUT2D eigenvalue weighted by Gasteiger charge is 2.23. The molecule has 1 aromatic rings. The lowest BCUT2D eigenvalue weighted by Crippen LogP contribution is -2.39. The zero-order valence-corrected chi connectivity index (χ0v) is 11.5. The highest BCUT2D eigenvalue weighted by atomic mass is 32.2. The Kier molecular flexibility index (Phi) is 4.89. The van der Waals surface area contributed by atoms with Gasteiger partial charge in [-0.1, -0.05) is 18.9 Å². The normalized spacial score (nSPS) is 24.1. The van der Waals surface area contributed by atoms with Gasteiger partial charge in [-0.05, 0) is 36.8 Å². The minimum atomic E-state index is -0.542. The van der Waals surface area contributed by atoms with E-state index in [1.54, 1.807) is 6.07 Å². The summed E-state index contributed by atoms with van der Waals surface area (Å²) in [6, 6.07) is 5.10. The van der Waals surface area contributed by atoms with E-state index >= 15 is 0 Å². The van der Waals surface area contributed by atoms with Gasteiger partial charge >= 0.3 is 0 Å². The predicted octanol–water partition coefficient (Wildman–Crippen LogP) is 3.30. The van der Waals surface area contributed by atoms with Gasteiger partial charge in [0.05, 0.1) is 0 Å². The van der Waals surface area contributed by atoms with E-state index in [-0.39, 0.29) is 5.75 Å². The van der Waals surface area contributed by atoms with Crippen LogP contribution in [0.25, 0.3) is 0 Å². The third kappa shape index (κ3) is 3.39. The van der Waals surface area contributed by atoms with Crippen molar-refractivity contribution in [1.82, 2.24) is 5.32 Å². The molecule has 1 saturated carbocycles. The van der Waals surface area contributed by atoms with Crippen LogP contribution in [0.2, 0.25) is 0 Å². The fraction of sp³-hybridized carbons (Fsp3) is 0.571. The van der Waals surface area contributed by atoms with E-state index in [9.17, 15) is 4.39 Å². The van der Waals surface area contributed by atoms with Gasteiger partial charge in [0.15, 0.2) is 11.6 Å². The largest absolute Gasteiger partial charge is 0.505 e. The summed E-state index contributed by atoms with van der Waals surface area (Å²) in [5, 5.41) is 13.3. The van der Waals surface area contributed by atoms with Crippen molar-refractivity contribution in [2.24, 2.45) is 0 Å². The number of rotatable bonds is 4. The monoisotopic (exact) mass is 269 g/mol. The average Bonchev–Trinajstić information content (AvgIpc) is 2.40. The summed E-state index contributed by atoms with van der Waals surface area (Å²) in [5.41, 5.74) is 0.885. The SMILES string of the molecule is CSC1CCCCC1NCc1ccc(O)c(F)c1. The van der Waals surface area contributed by atoms with Gasteiger partial charge in [-0.15, -0.1) is 0 Å². The number of phenols is 1. The van der Waals surface area contributed by atoms with Crippen LogP contribution in [0.5, 0.6) is 5.75 Å². The lowest BCUT2D eigenvalue weighted by Gasteiger charge is -2.31. The van der Waals surface area contributed by atoms with E-state index in [1.807, 2.05) is 11.8 Å². The van der Waals surface area contributed by atoms with Gasteiger partial charge in [0.25, 0.3) is 0 Å². The number of phenolic OH excluding ortho intramolecular Hbond substituents is 1. The first-order valence-corrected chi connectivity index (χ1v) is 7.73. The fourth-order valence-electron chi connectivity index (χ4n) is 2.52. The molecule has 0 bridgehead atoms. The maximum atomic E-state index is 13.2. The Bertz CT molecular complexity index is 399. The molecule has 2 nitrogen and oxygen atoms in total. The molecule has 0 aromatic heterocycles. The maximum Gasteiger partial charge on any atom is 0.165 e. The van der Waals surface area contributed by atoms with Crippen LogP contribution in [0.4, 0.5) is 4.39 Å². The van der Waals surface area contributed by atoms with Crippen LogP contribution >= 0.6 is 11.8 Å². The van der Waals surface area contributed by atoms with Crippen molar-refractivity contribution in [2.45, 2.75) is 43.5 Å². The molecule has 4 heteroatoms. The molecular formula is C14H20FNOS. The zero-order valence-electron chi connectivity index (χ0n) is 10.7. The molecule has 2 atom stereocenters. The Labute approximate surface area is 112 Å². The van der Waals surface area contributed by atoms with Crippen molar-refractivity contribution in [3.05, 3.63) is 29.6 Å². The smallest absolute Gasteiger partial charge is 0.165 e. The second kappa shape index (κ2) is 6.43. The predicted molar refractivity (Wildman–Crippen MR) is 74.5 cm³/mol. The summed E-state index contributed by atoms with van der Waals surface area (Å²) in [4.78, 5) is 0. The molecule has 1 aromatic carbocycles. The number of hydrogen-bond donors (Lipinski definition) is 2. The van der Waals surface area contributed by atoms with Crippen LogP contribution < -0.4 is 5.32 Å². The van der Waals surface area contributed by atoms with Crippen LogP contribution in [0.1, 0.15) is 31.2 Å². The number of nitrogens with one attached hydrogen (secondary N) is 1. The van der Waals surface area contributed by atoms with Gasteiger partial charge in [-0.3, -0.25) is 0 Å². The second-order valence-electron chi connectivity index (χ2n) is 4.83. The summed E-state index contributed by atoms with van der Waals surface area (Å²) in [6.45, 7) is 0.666. The summed E-state index contributed by atoms with van der Waals surface area (Å²) in [6.07, 6.45) is 7.22. The van der Waals surface area contributed by atoms with Crippen molar-refractivity contribution in [2.75, 3.05) is 6.26 Å². The van der Waals surface area contributed by atoms with Gasteiger partial charge in [-0.2, -0.15) is 11.8 Å². The van der Waals surface area contributed by atoms with Crippen LogP contribution in [0, 0.1) is 5.82 Å². The van der Waals surface area contributed by atoms with Gasteiger partial charge in [0.1, 0.15) is 0 Å². The zero-order chi connectivity index (χ0) is 13.0. The molecule has 0 saturated heterocycles. The molecule has 1 fully saturated rings. The van der Waals surface area contributed by atoms with E-state index in [2.05, 4.69) is 11.6 Å². The van der Waals surface area contributed by atoms with Crippen LogP contribution in [0.15, 0.2) is 18.2 Å². The Morgan fingerprint density at radius 2 is 2.17 bits per heavy atom. The minimum absolute atomic E-state index is 0.279. The van der Waals surface area contributed by atoms with E-state index < -0.39 is 5.82 Å². The standard InChI is InChI=1S/C14H20FNOS/c1-18-14-5-3-2-4-12(14)16-9-10-6-7-13(17)11(15)8-10/h6-8,12,14,16-17H,2-5,9H2,1H3. The average molecular weight is 269 g/mol. The van der Waals surface area contributed by atoms with Crippen molar-refractivity contribution >= 4 is 11.8 Å². The summed E-state index contributed by atoms with van der Waals surface area (Å²) in [7, 11) is 0. The Morgan fingerprint density at radius 3 is 2.89 bits per heavy atom. The molecular weight excluding hydrogens is 249 g/mol. The van der Waals surface area contributed by atoms with Crippen LogP contribution in [-0.2, 0) is 6.54 Å². The van der Waals surface area contributed by atoms with E-state index in [1.165, 1.54) is 37.8 Å². The van der Waals surface area contributed by atoms with Crippen molar-refractivity contribution in [3.8, 4) is 5.75 Å². The molecule has 18 heavy (non-hydrogen) atoms. The number of halogens is 1. The topological polar surface area (TPSA) is 32.3 Å². The lowest BCUT2D eigenvalue weighted by atomic mass is 9.94. The molecule has 0 spiro atoms.